The Kier molecular flexibility index (Phi) is 5.56. The molecule has 1 aromatic heterocycles. The lowest BCUT2D eigenvalue weighted by Gasteiger charge is -2.38. The Labute approximate surface area is 126 Å². The fourth-order valence-corrected chi connectivity index (χ4v) is 3.02. The van der Waals surface area contributed by atoms with E-state index >= 15 is 0 Å². The summed E-state index contributed by atoms with van der Waals surface area (Å²) in [5.41, 5.74) is 5.64. The minimum atomic E-state index is -0.441. The first-order chi connectivity index (χ1) is 10.1. The van der Waals surface area contributed by atoms with Gasteiger partial charge in [0.2, 0.25) is 5.91 Å². The summed E-state index contributed by atoms with van der Waals surface area (Å²) in [4.78, 5) is 17.8. The Hall–Kier alpha value is -1.62. The molecule has 1 unspecified atom stereocenters. The topological polar surface area (TPSA) is 71.2 Å². The fraction of sp³-hybridized carbons (Fsp3) is 0.625. The molecule has 1 fully saturated rings. The summed E-state index contributed by atoms with van der Waals surface area (Å²) in [6.45, 7) is 6.66. The summed E-state index contributed by atoms with van der Waals surface area (Å²) in [6.07, 6.45) is 6.58. The molecule has 2 rings (SSSR count). The van der Waals surface area contributed by atoms with Crippen LogP contribution in [0.2, 0.25) is 0 Å². The molecular formula is C16H26N4O. The molecule has 1 aliphatic heterocycles. The first-order valence-electron chi connectivity index (χ1n) is 7.83. The third-order valence-electron chi connectivity index (χ3n) is 4.17. The standard InChI is InChI=1S/C16H26N4O/c1-12(2)20-10-4-3-5-14(20)8-9-18-15-7-6-13(11-19-15)16(17)21/h6-7,11-12,14H,3-5,8-10H2,1-2H3,(H2,17,21)(H,18,19). The normalized spacial score (nSPS) is 19.7. The summed E-state index contributed by atoms with van der Waals surface area (Å²) in [5, 5.41) is 3.33. The predicted molar refractivity (Wildman–Crippen MR) is 85.3 cm³/mol. The highest BCUT2D eigenvalue weighted by Gasteiger charge is 2.23. The lowest BCUT2D eigenvalue weighted by Crippen LogP contribution is -2.44. The predicted octanol–water partition coefficient (Wildman–Crippen LogP) is 2.25. The van der Waals surface area contributed by atoms with Crippen LogP contribution in [0, 0.1) is 0 Å². The van der Waals surface area contributed by atoms with Crippen LogP contribution in [0.1, 0.15) is 49.9 Å². The van der Waals surface area contributed by atoms with Crippen LogP contribution >= 0.6 is 0 Å². The maximum absolute atomic E-state index is 11.0. The molecule has 0 aromatic carbocycles. The Morgan fingerprint density at radius 2 is 2.29 bits per heavy atom. The van der Waals surface area contributed by atoms with Gasteiger partial charge in [0.25, 0.3) is 0 Å². The lowest BCUT2D eigenvalue weighted by atomic mass is 9.98. The number of amides is 1. The molecule has 2 heterocycles. The van der Waals surface area contributed by atoms with Crippen LogP contribution < -0.4 is 11.1 Å². The second kappa shape index (κ2) is 7.41. The van der Waals surface area contributed by atoms with Crippen LogP contribution in [0.5, 0.6) is 0 Å². The van der Waals surface area contributed by atoms with E-state index in [0.717, 1.165) is 18.8 Å². The molecule has 0 spiro atoms. The van der Waals surface area contributed by atoms with Gasteiger partial charge < -0.3 is 11.1 Å². The van der Waals surface area contributed by atoms with E-state index in [1.54, 1.807) is 12.1 Å². The first kappa shape index (κ1) is 15.8. The number of primary amides is 1. The number of nitrogens with one attached hydrogen (secondary N) is 1. The van der Waals surface area contributed by atoms with Gasteiger partial charge in [0, 0.05) is 24.8 Å². The monoisotopic (exact) mass is 290 g/mol. The van der Waals surface area contributed by atoms with Gasteiger partial charge in [-0.3, -0.25) is 9.69 Å². The smallest absolute Gasteiger partial charge is 0.250 e. The zero-order chi connectivity index (χ0) is 15.2. The number of hydrogen-bond donors (Lipinski definition) is 2. The molecule has 116 valence electrons. The van der Waals surface area contributed by atoms with Gasteiger partial charge in [0.15, 0.2) is 0 Å². The average molecular weight is 290 g/mol. The summed E-state index contributed by atoms with van der Waals surface area (Å²) >= 11 is 0. The number of aromatic nitrogens is 1. The van der Waals surface area contributed by atoms with Crippen molar-refractivity contribution in [3.8, 4) is 0 Å². The van der Waals surface area contributed by atoms with Gasteiger partial charge in [-0.2, -0.15) is 0 Å². The van der Waals surface area contributed by atoms with Crippen LogP contribution in [0.4, 0.5) is 5.82 Å². The molecule has 3 N–H and O–H groups in total. The number of pyridine rings is 1. The average Bonchev–Trinajstić information content (AvgIpc) is 2.48. The van der Waals surface area contributed by atoms with Crippen LogP contribution in [-0.2, 0) is 0 Å². The third kappa shape index (κ3) is 4.43. The number of likely N-dealkylation sites (tertiary alicyclic amines) is 1. The van der Waals surface area contributed by atoms with Gasteiger partial charge >= 0.3 is 0 Å². The van der Waals surface area contributed by atoms with Crippen molar-refractivity contribution in [3.05, 3.63) is 23.9 Å². The zero-order valence-electron chi connectivity index (χ0n) is 13.0. The summed E-state index contributed by atoms with van der Waals surface area (Å²) in [5.74, 6) is 0.357. The van der Waals surface area contributed by atoms with Crippen molar-refractivity contribution in [2.45, 2.75) is 51.6 Å². The largest absolute Gasteiger partial charge is 0.370 e. The maximum Gasteiger partial charge on any atom is 0.250 e. The molecule has 1 aromatic rings. The molecule has 0 bridgehead atoms. The van der Waals surface area contributed by atoms with Crippen molar-refractivity contribution in [2.75, 3.05) is 18.4 Å². The number of carbonyl (C=O) groups excluding carboxylic acids is 1. The summed E-state index contributed by atoms with van der Waals surface area (Å²) < 4.78 is 0. The van der Waals surface area contributed by atoms with Gasteiger partial charge in [-0.25, -0.2) is 4.98 Å². The Morgan fingerprint density at radius 1 is 1.48 bits per heavy atom. The summed E-state index contributed by atoms with van der Waals surface area (Å²) in [6, 6.07) is 4.79. The zero-order valence-corrected chi connectivity index (χ0v) is 13.0. The number of carbonyl (C=O) groups is 1. The van der Waals surface area contributed by atoms with Crippen LogP contribution in [-0.4, -0.2) is 41.0 Å². The number of piperidine rings is 1. The second-order valence-corrected chi connectivity index (χ2v) is 5.99. The molecule has 1 amide bonds. The number of nitrogens with zero attached hydrogens (tertiary/aromatic N) is 2. The first-order valence-corrected chi connectivity index (χ1v) is 7.83. The van der Waals surface area contributed by atoms with Gasteiger partial charge in [0.1, 0.15) is 5.82 Å². The van der Waals surface area contributed by atoms with Gasteiger partial charge in [-0.1, -0.05) is 6.42 Å². The minimum absolute atomic E-state index is 0.441. The molecule has 0 radical (unpaired) electrons. The number of nitrogens with two attached hydrogens (primary N) is 1. The molecule has 0 aliphatic carbocycles. The van der Waals surface area contributed by atoms with Crippen molar-refractivity contribution >= 4 is 11.7 Å². The molecule has 21 heavy (non-hydrogen) atoms. The molecule has 5 nitrogen and oxygen atoms in total. The highest BCUT2D eigenvalue weighted by molar-refractivity contribution is 5.92. The quantitative estimate of drug-likeness (QED) is 0.843. The van der Waals surface area contributed by atoms with Crippen molar-refractivity contribution in [3.63, 3.8) is 0 Å². The van der Waals surface area contributed by atoms with Crippen molar-refractivity contribution < 1.29 is 4.79 Å². The lowest BCUT2D eigenvalue weighted by molar-refractivity contribution is 0.1000. The van der Waals surface area contributed by atoms with Crippen molar-refractivity contribution in [1.82, 2.24) is 9.88 Å². The van der Waals surface area contributed by atoms with Crippen molar-refractivity contribution in [1.29, 1.82) is 0 Å². The van der Waals surface area contributed by atoms with E-state index in [1.807, 2.05) is 0 Å². The van der Waals surface area contributed by atoms with Gasteiger partial charge in [-0.15, -0.1) is 0 Å². The number of anilines is 1. The Morgan fingerprint density at radius 3 is 2.90 bits per heavy atom. The van der Waals surface area contributed by atoms with Crippen LogP contribution in [0.3, 0.4) is 0 Å². The van der Waals surface area contributed by atoms with E-state index in [-0.39, 0.29) is 0 Å². The molecule has 1 aliphatic rings. The Balaban J connectivity index is 1.81. The third-order valence-corrected chi connectivity index (χ3v) is 4.17. The van der Waals surface area contributed by atoms with Gasteiger partial charge in [0.05, 0.1) is 5.56 Å². The van der Waals surface area contributed by atoms with E-state index in [1.165, 1.54) is 32.0 Å². The van der Waals surface area contributed by atoms with E-state index in [2.05, 4.69) is 29.0 Å². The molecular weight excluding hydrogens is 264 g/mol. The SMILES string of the molecule is CC(C)N1CCCCC1CCNc1ccc(C(N)=O)cn1. The fourth-order valence-electron chi connectivity index (χ4n) is 3.02. The van der Waals surface area contributed by atoms with Gasteiger partial charge in [-0.05, 0) is 51.8 Å². The molecule has 0 saturated carbocycles. The maximum atomic E-state index is 11.0. The van der Waals surface area contributed by atoms with Crippen LogP contribution in [0.25, 0.3) is 0 Å². The van der Waals surface area contributed by atoms with E-state index < -0.39 is 5.91 Å². The summed E-state index contributed by atoms with van der Waals surface area (Å²) in [7, 11) is 0. The van der Waals surface area contributed by atoms with E-state index in [0.29, 0.717) is 17.6 Å². The second-order valence-electron chi connectivity index (χ2n) is 5.99. The molecule has 5 heteroatoms. The Bertz CT molecular complexity index is 458. The number of hydrogen-bond acceptors (Lipinski definition) is 4. The van der Waals surface area contributed by atoms with E-state index in [4.69, 9.17) is 5.73 Å². The minimum Gasteiger partial charge on any atom is -0.370 e. The van der Waals surface area contributed by atoms with Crippen LogP contribution in [0.15, 0.2) is 18.3 Å². The van der Waals surface area contributed by atoms with Crippen molar-refractivity contribution in [2.24, 2.45) is 5.73 Å². The number of rotatable bonds is 6. The highest BCUT2D eigenvalue weighted by atomic mass is 16.1. The molecule has 1 saturated heterocycles. The highest BCUT2D eigenvalue weighted by Crippen LogP contribution is 2.21. The molecule has 1 atom stereocenters. The van der Waals surface area contributed by atoms with E-state index in [9.17, 15) is 4.79 Å².